The van der Waals surface area contributed by atoms with Crippen molar-refractivity contribution in [3.8, 4) is 17.2 Å². The van der Waals surface area contributed by atoms with Crippen LogP contribution in [0.4, 0.5) is 17.1 Å². The van der Waals surface area contributed by atoms with Gasteiger partial charge in [0.2, 0.25) is 6.71 Å². The van der Waals surface area contributed by atoms with Gasteiger partial charge in [0.25, 0.3) is 0 Å². The summed E-state index contributed by atoms with van der Waals surface area (Å²) in [6, 6.07) is 40.5. The lowest BCUT2D eigenvalue weighted by molar-refractivity contribution is 0.218. The van der Waals surface area contributed by atoms with Crippen molar-refractivity contribution in [1.82, 2.24) is 0 Å². The minimum Gasteiger partial charge on any atom is -0.486 e. The molecule has 2 atom stereocenters. The van der Waals surface area contributed by atoms with E-state index < -0.39 is 0 Å². The molecule has 3 nitrogen and oxygen atoms in total. The maximum atomic E-state index is 7.09. The molecule has 4 heterocycles. The van der Waals surface area contributed by atoms with Gasteiger partial charge in [0, 0.05) is 58.7 Å². The molecule has 0 fully saturated rings. The van der Waals surface area contributed by atoms with Crippen LogP contribution in [0.1, 0.15) is 54.7 Å². The highest BCUT2D eigenvalue weighted by atomic mass is 32.2. The van der Waals surface area contributed by atoms with E-state index in [1.807, 2.05) is 23.1 Å². The van der Waals surface area contributed by atoms with Gasteiger partial charge in [-0.15, -0.1) is 23.1 Å². The minimum absolute atomic E-state index is 0.0499. The first-order valence-corrected chi connectivity index (χ1v) is 19.5. The molecule has 1 aromatic heterocycles. The summed E-state index contributed by atoms with van der Waals surface area (Å²) >= 11 is 3.88. The van der Waals surface area contributed by atoms with Crippen LogP contribution in [0.15, 0.2) is 114 Å². The van der Waals surface area contributed by atoms with Gasteiger partial charge in [0.05, 0.1) is 5.69 Å². The number of fused-ring (bicyclic) bond motifs is 10. The largest absolute Gasteiger partial charge is 0.486 e. The molecule has 51 heavy (non-hydrogen) atoms. The zero-order valence-corrected chi connectivity index (χ0v) is 31.3. The molecule has 6 aromatic carbocycles. The van der Waals surface area contributed by atoms with Crippen molar-refractivity contribution in [2.24, 2.45) is 0 Å². The molecule has 0 bridgehead atoms. The number of thiophene rings is 1. The molecule has 3 aliphatic rings. The summed E-state index contributed by atoms with van der Waals surface area (Å²) in [5.41, 5.74) is 12.2. The number of rotatable bonds is 3. The van der Waals surface area contributed by atoms with Gasteiger partial charge in [-0.1, -0.05) is 86.5 Å². The van der Waals surface area contributed by atoms with E-state index in [2.05, 4.69) is 156 Å². The molecule has 2 unspecified atom stereocenters. The average molecular weight is 700 g/mol. The summed E-state index contributed by atoms with van der Waals surface area (Å²) < 4.78 is 16.7. The Balaban J connectivity index is 1.26. The van der Waals surface area contributed by atoms with Crippen LogP contribution in [0.25, 0.3) is 20.2 Å². The minimum atomic E-state index is -0.0499. The van der Waals surface area contributed by atoms with Crippen molar-refractivity contribution in [3.05, 3.63) is 137 Å². The highest BCUT2D eigenvalue weighted by Gasteiger charge is 2.53. The summed E-state index contributed by atoms with van der Waals surface area (Å²) in [6.45, 7) is 13.4. The van der Waals surface area contributed by atoms with E-state index in [-0.39, 0.29) is 23.4 Å². The number of hydrogen-bond acceptors (Lipinski definition) is 5. The van der Waals surface area contributed by atoms with Crippen LogP contribution in [-0.2, 0) is 5.41 Å². The molecule has 0 spiro atoms. The fourth-order valence-electron chi connectivity index (χ4n) is 8.30. The smallest absolute Gasteiger partial charge is 0.244 e. The van der Waals surface area contributed by atoms with Gasteiger partial charge in [-0.05, 0) is 91.3 Å². The topological polar surface area (TPSA) is 21.7 Å². The summed E-state index contributed by atoms with van der Waals surface area (Å²) in [6.07, 6.45) is -0.0499. The maximum absolute atomic E-state index is 7.09. The van der Waals surface area contributed by atoms with Crippen LogP contribution < -0.4 is 25.3 Å². The summed E-state index contributed by atoms with van der Waals surface area (Å²) in [5.74, 6) is 2.81. The van der Waals surface area contributed by atoms with Crippen molar-refractivity contribution < 1.29 is 9.47 Å². The molecule has 10 rings (SSSR count). The average Bonchev–Trinajstić information content (AvgIpc) is 3.68. The molecular formula is C45H38BNO2S2. The van der Waals surface area contributed by atoms with Crippen LogP contribution >= 0.6 is 23.1 Å². The first kappa shape index (κ1) is 31.1. The molecule has 0 saturated heterocycles. The Kier molecular flexibility index (Phi) is 6.82. The van der Waals surface area contributed by atoms with Gasteiger partial charge in [-0.25, -0.2) is 0 Å². The van der Waals surface area contributed by atoms with Gasteiger partial charge in [-0.2, -0.15) is 0 Å². The van der Waals surface area contributed by atoms with Crippen molar-refractivity contribution in [1.29, 1.82) is 0 Å². The Morgan fingerprint density at radius 2 is 1.35 bits per heavy atom. The van der Waals surface area contributed by atoms with Crippen molar-refractivity contribution >= 4 is 78.0 Å². The van der Waals surface area contributed by atoms with E-state index in [4.69, 9.17) is 9.47 Å². The van der Waals surface area contributed by atoms with Crippen molar-refractivity contribution in [3.63, 3.8) is 0 Å². The number of aryl methyl sites for hydroxylation is 3. The van der Waals surface area contributed by atoms with Gasteiger partial charge >= 0.3 is 0 Å². The van der Waals surface area contributed by atoms with Gasteiger partial charge in [-0.3, -0.25) is 0 Å². The normalized spacial score (nSPS) is 17.0. The Labute approximate surface area is 308 Å². The number of nitrogens with zero attached hydrogens (tertiary/aromatic N) is 1. The zero-order chi connectivity index (χ0) is 34.8. The second-order valence-corrected chi connectivity index (χ2v) is 17.8. The second kappa shape index (κ2) is 11.2. The zero-order valence-electron chi connectivity index (χ0n) is 29.7. The fourth-order valence-corrected chi connectivity index (χ4v) is 11.1. The monoisotopic (exact) mass is 699 g/mol. The Bertz CT molecular complexity index is 2500. The molecule has 0 amide bonds. The first-order chi connectivity index (χ1) is 24.6. The quantitative estimate of drug-likeness (QED) is 0.171. The Hall–Kier alpha value is -4.65. The predicted molar refractivity (Wildman–Crippen MR) is 218 cm³/mol. The van der Waals surface area contributed by atoms with E-state index in [0.29, 0.717) is 0 Å². The third kappa shape index (κ3) is 4.79. The number of hydrogen-bond donors (Lipinski definition) is 0. The summed E-state index contributed by atoms with van der Waals surface area (Å²) in [7, 11) is 0. The molecule has 0 radical (unpaired) electrons. The van der Waals surface area contributed by atoms with Gasteiger partial charge < -0.3 is 14.4 Å². The van der Waals surface area contributed by atoms with E-state index >= 15 is 0 Å². The molecule has 3 aliphatic heterocycles. The third-order valence-electron chi connectivity index (χ3n) is 10.9. The SMILES string of the molecule is Cc1ccc(N(c2ccc(C)cc2)c2cc3c(c4sc5ccccc5c24)B2c4c(cc(C)cc4OC4c5cc(C(C)(C)C)ccc5SC24)O3)cc1. The van der Waals surface area contributed by atoms with Crippen LogP contribution in [-0.4, -0.2) is 11.9 Å². The summed E-state index contributed by atoms with van der Waals surface area (Å²) in [4.78, 5) is 3.74. The third-order valence-corrected chi connectivity index (χ3v) is 13.5. The summed E-state index contributed by atoms with van der Waals surface area (Å²) in [5, 5.41) is 2.72. The lowest BCUT2D eigenvalue weighted by Gasteiger charge is -2.39. The molecule has 6 heteroatoms. The van der Waals surface area contributed by atoms with E-state index in [9.17, 15) is 0 Å². The number of thioether (sulfide) groups is 1. The number of anilines is 3. The van der Waals surface area contributed by atoms with Gasteiger partial charge in [0.1, 0.15) is 23.4 Å². The van der Waals surface area contributed by atoms with Crippen LogP contribution in [0, 0.1) is 20.8 Å². The maximum Gasteiger partial charge on any atom is 0.244 e. The molecule has 0 N–H and O–H groups in total. The van der Waals surface area contributed by atoms with Crippen molar-refractivity contribution in [2.75, 3.05) is 4.90 Å². The lowest BCUT2D eigenvalue weighted by atomic mass is 9.35. The van der Waals surface area contributed by atoms with Crippen LogP contribution in [0.5, 0.6) is 17.2 Å². The van der Waals surface area contributed by atoms with Crippen molar-refractivity contribution in [2.45, 2.75) is 63.1 Å². The van der Waals surface area contributed by atoms with Gasteiger partial charge in [0.15, 0.2) is 0 Å². The molecule has 250 valence electrons. The molecule has 0 saturated carbocycles. The second-order valence-electron chi connectivity index (χ2n) is 15.5. The number of benzene rings is 6. The van der Waals surface area contributed by atoms with E-state index in [0.717, 1.165) is 39.9 Å². The Morgan fingerprint density at radius 1 is 0.686 bits per heavy atom. The molecule has 0 aliphatic carbocycles. The lowest BCUT2D eigenvalue weighted by Crippen LogP contribution is -2.58. The van der Waals surface area contributed by atoms with E-state index in [1.165, 1.54) is 58.2 Å². The highest BCUT2D eigenvalue weighted by molar-refractivity contribution is 8.02. The fraction of sp³-hybridized carbons (Fsp3) is 0.200. The molecule has 7 aromatic rings. The number of ether oxygens (including phenoxy) is 2. The standard InChI is InChI=1S/C45H38BNO2S2/c1-25-11-16-29(17-12-25)47(30-18-13-26(2)14-19-30)33-24-36-41(43-39(33)31-9-7-8-10-37(31)50-43)46-40-34(48-36)21-27(3)22-35(40)49-42-32-23-28(45(4,5)6)15-20-38(32)51-44(42)46/h7-24,42,44H,1-6H3. The first-order valence-electron chi connectivity index (χ1n) is 17.8. The predicted octanol–water partition coefficient (Wildman–Crippen LogP) is 11.6. The highest BCUT2D eigenvalue weighted by Crippen LogP contribution is 2.54. The van der Waals surface area contributed by atoms with E-state index in [1.54, 1.807) is 0 Å². The van der Waals surface area contributed by atoms with Crippen LogP contribution in [0.3, 0.4) is 0 Å². The molecular weight excluding hydrogens is 661 g/mol. The Morgan fingerprint density at radius 3 is 2.06 bits per heavy atom. The van der Waals surface area contributed by atoms with Crippen LogP contribution in [0.2, 0.25) is 0 Å².